The van der Waals surface area contributed by atoms with Crippen molar-refractivity contribution in [1.29, 1.82) is 0 Å². The Bertz CT molecular complexity index is 688. The fraction of sp³-hybridized carbons (Fsp3) is 0.316. The molecule has 0 aliphatic heterocycles. The summed E-state index contributed by atoms with van der Waals surface area (Å²) in [5.41, 5.74) is 0.998. The van der Waals surface area contributed by atoms with Gasteiger partial charge in [0.05, 0.1) is 12.1 Å². The number of benzene rings is 2. The predicted octanol–water partition coefficient (Wildman–Crippen LogP) is 3.38. The van der Waals surface area contributed by atoms with Crippen LogP contribution in [0.25, 0.3) is 0 Å². The second-order valence-corrected chi connectivity index (χ2v) is 5.99. The molecule has 3 atom stereocenters. The molecule has 2 aromatic rings. The van der Waals surface area contributed by atoms with E-state index in [0.717, 1.165) is 0 Å². The Kier molecular flexibility index (Phi) is 6.04. The van der Waals surface area contributed by atoms with Crippen molar-refractivity contribution in [2.24, 2.45) is 5.92 Å². The molecular formula is C19H21F2NO2. The Hall–Kier alpha value is -2.27. The number of aliphatic hydroxyl groups is 1. The van der Waals surface area contributed by atoms with Crippen molar-refractivity contribution < 1.29 is 18.7 Å². The molecule has 1 amide bonds. The molecule has 0 fully saturated rings. The van der Waals surface area contributed by atoms with E-state index in [4.69, 9.17) is 0 Å². The van der Waals surface area contributed by atoms with Crippen molar-refractivity contribution in [3.63, 3.8) is 0 Å². The van der Waals surface area contributed by atoms with Gasteiger partial charge in [0, 0.05) is 5.92 Å². The number of carbonyl (C=O) groups is 1. The molecule has 5 heteroatoms. The van der Waals surface area contributed by atoms with Gasteiger partial charge in [-0.1, -0.05) is 37.3 Å². The Morgan fingerprint density at radius 3 is 2.33 bits per heavy atom. The van der Waals surface area contributed by atoms with E-state index in [1.807, 2.05) is 0 Å². The van der Waals surface area contributed by atoms with E-state index in [-0.39, 0.29) is 24.0 Å². The van der Waals surface area contributed by atoms with E-state index in [9.17, 15) is 18.7 Å². The number of carbonyl (C=O) groups excluding carboxylic acids is 1. The maximum Gasteiger partial charge on any atom is 0.223 e. The summed E-state index contributed by atoms with van der Waals surface area (Å²) in [6.07, 6.45) is -0.673. The molecule has 24 heavy (non-hydrogen) atoms. The minimum absolute atomic E-state index is 0.271. The summed E-state index contributed by atoms with van der Waals surface area (Å²) in [5.74, 6) is -1.44. The third-order valence-electron chi connectivity index (χ3n) is 3.99. The van der Waals surface area contributed by atoms with E-state index < -0.39 is 18.1 Å². The van der Waals surface area contributed by atoms with Crippen molar-refractivity contribution >= 4 is 5.91 Å². The summed E-state index contributed by atoms with van der Waals surface area (Å²) in [6, 6.07) is 11.3. The fourth-order valence-corrected chi connectivity index (χ4v) is 2.48. The molecule has 0 aliphatic rings. The molecule has 2 rings (SSSR count). The molecule has 0 aliphatic carbocycles. The number of halogens is 2. The van der Waals surface area contributed by atoms with Crippen LogP contribution in [0.2, 0.25) is 0 Å². The van der Waals surface area contributed by atoms with Crippen LogP contribution in [-0.2, 0) is 11.2 Å². The third kappa shape index (κ3) is 4.61. The summed E-state index contributed by atoms with van der Waals surface area (Å²) < 4.78 is 26.6. The number of nitrogens with one attached hydrogen (secondary N) is 1. The van der Waals surface area contributed by atoms with Crippen LogP contribution in [0.4, 0.5) is 8.78 Å². The number of hydrogen-bond donors (Lipinski definition) is 2. The summed E-state index contributed by atoms with van der Waals surface area (Å²) in [5, 5.41) is 13.0. The lowest BCUT2D eigenvalue weighted by atomic mass is 9.98. The first kappa shape index (κ1) is 18.1. The molecule has 0 bridgehead atoms. The summed E-state index contributed by atoms with van der Waals surface area (Å²) in [7, 11) is 0. The minimum atomic E-state index is -0.949. The van der Waals surface area contributed by atoms with Crippen LogP contribution in [0.3, 0.4) is 0 Å². The number of amides is 1. The van der Waals surface area contributed by atoms with Gasteiger partial charge in [0.1, 0.15) is 11.6 Å². The van der Waals surface area contributed by atoms with Gasteiger partial charge in [-0.2, -0.15) is 0 Å². The maximum atomic E-state index is 13.7. The van der Waals surface area contributed by atoms with E-state index in [1.54, 1.807) is 32.0 Å². The van der Waals surface area contributed by atoms with Crippen LogP contribution in [0, 0.1) is 17.6 Å². The lowest BCUT2D eigenvalue weighted by Crippen LogP contribution is -2.40. The maximum absolute atomic E-state index is 13.7. The average molecular weight is 333 g/mol. The molecular weight excluding hydrogens is 312 g/mol. The van der Waals surface area contributed by atoms with Crippen LogP contribution in [0.5, 0.6) is 0 Å². The monoisotopic (exact) mass is 333 g/mol. The Morgan fingerprint density at radius 1 is 1.08 bits per heavy atom. The highest BCUT2D eigenvalue weighted by molar-refractivity contribution is 5.79. The van der Waals surface area contributed by atoms with E-state index >= 15 is 0 Å². The van der Waals surface area contributed by atoms with E-state index in [1.165, 1.54) is 30.3 Å². The van der Waals surface area contributed by atoms with Crippen LogP contribution >= 0.6 is 0 Å². The van der Waals surface area contributed by atoms with Gasteiger partial charge in [-0.05, 0) is 42.7 Å². The van der Waals surface area contributed by atoms with Gasteiger partial charge < -0.3 is 10.4 Å². The summed E-state index contributed by atoms with van der Waals surface area (Å²) in [6.45, 7) is 3.38. The summed E-state index contributed by atoms with van der Waals surface area (Å²) in [4.78, 5) is 12.3. The highest BCUT2D eigenvalue weighted by Gasteiger charge is 2.22. The van der Waals surface area contributed by atoms with Crippen LogP contribution in [-0.4, -0.2) is 17.1 Å². The molecule has 0 heterocycles. The van der Waals surface area contributed by atoms with Gasteiger partial charge in [0.25, 0.3) is 0 Å². The molecule has 3 unspecified atom stereocenters. The number of rotatable bonds is 6. The van der Waals surface area contributed by atoms with Crippen LogP contribution in [0.1, 0.15) is 31.1 Å². The fourth-order valence-electron chi connectivity index (χ4n) is 2.48. The Morgan fingerprint density at radius 2 is 1.71 bits per heavy atom. The third-order valence-corrected chi connectivity index (χ3v) is 3.99. The first-order valence-electron chi connectivity index (χ1n) is 7.85. The zero-order valence-electron chi connectivity index (χ0n) is 13.7. The first-order valence-corrected chi connectivity index (χ1v) is 7.85. The molecule has 0 radical (unpaired) electrons. The number of hydrogen-bond acceptors (Lipinski definition) is 2. The highest BCUT2D eigenvalue weighted by Crippen LogP contribution is 2.18. The smallest absolute Gasteiger partial charge is 0.223 e. The van der Waals surface area contributed by atoms with Gasteiger partial charge in [-0.3, -0.25) is 4.79 Å². The molecule has 0 aromatic heterocycles. The quantitative estimate of drug-likeness (QED) is 0.851. The zero-order chi connectivity index (χ0) is 17.7. The second-order valence-electron chi connectivity index (χ2n) is 5.99. The topological polar surface area (TPSA) is 49.3 Å². The van der Waals surface area contributed by atoms with Crippen LogP contribution < -0.4 is 5.32 Å². The SMILES string of the molecule is CC(Cc1ccccc1F)C(=O)NC(C)C(O)c1ccc(F)cc1. The molecule has 0 saturated heterocycles. The largest absolute Gasteiger partial charge is 0.386 e. The van der Waals surface area contributed by atoms with Crippen molar-refractivity contribution in [3.8, 4) is 0 Å². The molecule has 3 nitrogen and oxygen atoms in total. The van der Waals surface area contributed by atoms with Crippen LogP contribution in [0.15, 0.2) is 48.5 Å². The Labute approximate surface area is 140 Å². The van der Waals surface area contributed by atoms with Crippen molar-refractivity contribution in [2.75, 3.05) is 0 Å². The number of aliphatic hydroxyl groups excluding tert-OH is 1. The zero-order valence-corrected chi connectivity index (χ0v) is 13.7. The van der Waals surface area contributed by atoms with E-state index in [2.05, 4.69) is 5.32 Å². The molecule has 0 saturated carbocycles. The summed E-state index contributed by atoms with van der Waals surface area (Å²) >= 11 is 0. The van der Waals surface area contributed by atoms with Gasteiger partial charge in [-0.15, -0.1) is 0 Å². The Balaban J connectivity index is 1.95. The lowest BCUT2D eigenvalue weighted by molar-refractivity contribution is -0.125. The van der Waals surface area contributed by atoms with Gasteiger partial charge in [0.15, 0.2) is 0 Å². The molecule has 128 valence electrons. The van der Waals surface area contributed by atoms with Gasteiger partial charge in [-0.25, -0.2) is 8.78 Å². The van der Waals surface area contributed by atoms with Crippen molar-refractivity contribution in [2.45, 2.75) is 32.4 Å². The van der Waals surface area contributed by atoms with Gasteiger partial charge in [0.2, 0.25) is 5.91 Å². The van der Waals surface area contributed by atoms with Crippen molar-refractivity contribution in [1.82, 2.24) is 5.32 Å². The minimum Gasteiger partial charge on any atom is -0.386 e. The van der Waals surface area contributed by atoms with Gasteiger partial charge >= 0.3 is 0 Å². The highest BCUT2D eigenvalue weighted by atomic mass is 19.1. The van der Waals surface area contributed by atoms with E-state index in [0.29, 0.717) is 11.1 Å². The first-order chi connectivity index (χ1) is 11.4. The molecule has 2 N–H and O–H groups in total. The molecule has 0 spiro atoms. The second kappa shape index (κ2) is 8.02. The normalized spacial score (nSPS) is 14.7. The standard InChI is InChI=1S/C19H21F2NO2/c1-12(11-15-5-3-4-6-17(15)21)19(24)22-13(2)18(23)14-7-9-16(20)10-8-14/h3-10,12-13,18,23H,11H2,1-2H3,(H,22,24). The lowest BCUT2D eigenvalue weighted by Gasteiger charge is -2.22. The predicted molar refractivity (Wildman–Crippen MR) is 88.2 cm³/mol. The average Bonchev–Trinajstić information content (AvgIpc) is 2.56. The van der Waals surface area contributed by atoms with Crippen molar-refractivity contribution in [3.05, 3.63) is 71.3 Å². The molecule has 2 aromatic carbocycles.